The molecule has 0 spiro atoms. The fourth-order valence-corrected chi connectivity index (χ4v) is 1.31. The van der Waals surface area contributed by atoms with Crippen LogP contribution < -0.4 is 10.6 Å². The van der Waals surface area contributed by atoms with Crippen LogP contribution in [0.25, 0.3) is 0 Å². The Hall–Kier alpha value is -0.900. The summed E-state index contributed by atoms with van der Waals surface area (Å²) in [5.41, 5.74) is 0. The molecule has 0 saturated carbocycles. The highest BCUT2D eigenvalue weighted by Gasteiger charge is 2.25. The lowest BCUT2D eigenvalue weighted by Gasteiger charge is -2.22. The van der Waals surface area contributed by atoms with Crippen molar-refractivity contribution in [3.05, 3.63) is 0 Å². The highest BCUT2D eigenvalue weighted by atomic mass is 16.2. The molecule has 0 radical (unpaired) electrons. The SMILES string of the molecule is CC(C)CCC1NCC(=O)NC1=O. The fourth-order valence-electron chi connectivity index (χ4n) is 1.31. The summed E-state index contributed by atoms with van der Waals surface area (Å²) in [6.07, 6.45) is 1.80. The molecule has 0 aromatic carbocycles. The van der Waals surface area contributed by atoms with Crippen molar-refractivity contribution in [2.45, 2.75) is 32.7 Å². The number of rotatable bonds is 3. The van der Waals surface area contributed by atoms with Gasteiger partial charge in [0.25, 0.3) is 0 Å². The van der Waals surface area contributed by atoms with Crippen molar-refractivity contribution in [3.8, 4) is 0 Å². The molecule has 1 unspecified atom stereocenters. The molecule has 0 bridgehead atoms. The van der Waals surface area contributed by atoms with Gasteiger partial charge in [-0.15, -0.1) is 0 Å². The molecule has 2 N–H and O–H groups in total. The molecule has 1 saturated heterocycles. The Kier molecular flexibility index (Phi) is 3.42. The molecular weight excluding hydrogens is 168 g/mol. The summed E-state index contributed by atoms with van der Waals surface area (Å²) >= 11 is 0. The molecule has 0 aromatic rings. The molecule has 1 heterocycles. The van der Waals surface area contributed by atoms with Crippen molar-refractivity contribution in [3.63, 3.8) is 0 Å². The average molecular weight is 184 g/mol. The lowest BCUT2D eigenvalue weighted by molar-refractivity contribution is -0.134. The minimum atomic E-state index is -0.231. The second-order valence-corrected chi connectivity index (χ2v) is 3.82. The molecule has 1 atom stereocenters. The zero-order chi connectivity index (χ0) is 9.84. The van der Waals surface area contributed by atoms with Gasteiger partial charge in [-0.05, 0) is 18.8 Å². The summed E-state index contributed by atoms with van der Waals surface area (Å²) in [5.74, 6) is 0.176. The Balaban J connectivity index is 2.34. The Morgan fingerprint density at radius 2 is 2.15 bits per heavy atom. The average Bonchev–Trinajstić information content (AvgIpc) is 2.02. The van der Waals surface area contributed by atoms with E-state index in [-0.39, 0.29) is 24.4 Å². The van der Waals surface area contributed by atoms with Crippen molar-refractivity contribution < 1.29 is 9.59 Å². The van der Waals surface area contributed by atoms with Crippen molar-refractivity contribution in [1.29, 1.82) is 0 Å². The van der Waals surface area contributed by atoms with E-state index in [2.05, 4.69) is 24.5 Å². The van der Waals surface area contributed by atoms with Gasteiger partial charge in [0.15, 0.2) is 0 Å². The zero-order valence-corrected chi connectivity index (χ0v) is 8.09. The van der Waals surface area contributed by atoms with Gasteiger partial charge in [-0.2, -0.15) is 0 Å². The first-order chi connectivity index (χ1) is 6.09. The van der Waals surface area contributed by atoms with Crippen molar-refractivity contribution in [2.75, 3.05) is 6.54 Å². The van der Waals surface area contributed by atoms with E-state index in [4.69, 9.17) is 0 Å². The minimum absolute atomic E-state index is 0.180. The number of carbonyl (C=O) groups excluding carboxylic acids is 2. The molecule has 1 fully saturated rings. The van der Waals surface area contributed by atoms with Crippen LogP contribution in [0.1, 0.15) is 26.7 Å². The smallest absolute Gasteiger partial charge is 0.243 e. The van der Waals surface area contributed by atoms with E-state index in [0.717, 1.165) is 12.8 Å². The van der Waals surface area contributed by atoms with Gasteiger partial charge >= 0.3 is 0 Å². The first kappa shape index (κ1) is 10.2. The number of piperazine rings is 1. The summed E-state index contributed by atoms with van der Waals surface area (Å²) in [6.45, 7) is 4.49. The summed E-state index contributed by atoms with van der Waals surface area (Å²) in [6, 6.07) is -0.180. The molecule has 74 valence electrons. The topological polar surface area (TPSA) is 58.2 Å². The van der Waals surface area contributed by atoms with Gasteiger partial charge in [0.05, 0.1) is 12.6 Å². The number of hydrogen-bond acceptors (Lipinski definition) is 3. The monoisotopic (exact) mass is 184 g/mol. The second kappa shape index (κ2) is 4.37. The van der Waals surface area contributed by atoms with Crippen LogP contribution in [-0.4, -0.2) is 24.4 Å². The van der Waals surface area contributed by atoms with Gasteiger partial charge in [0.1, 0.15) is 0 Å². The Bertz CT molecular complexity index is 214. The van der Waals surface area contributed by atoms with Crippen LogP contribution in [0, 0.1) is 5.92 Å². The molecule has 13 heavy (non-hydrogen) atoms. The van der Waals surface area contributed by atoms with Gasteiger partial charge in [-0.1, -0.05) is 13.8 Å². The molecule has 4 heteroatoms. The first-order valence-electron chi connectivity index (χ1n) is 4.66. The maximum absolute atomic E-state index is 11.2. The van der Waals surface area contributed by atoms with Crippen molar-refractivity contribution >= 4 is 11.8 Å². The van der Waals surface area contributed by atoms with Crippen LogP contribution in [0.2, 0.25) is 0 Å². The summed E-state index contributed by atoms with van der Waals surface area (Å²) in [7, 11) is 0. The van der Waals surface area contributed by atoms with E-state index in [1.807, 2.05) is 0 Å². The van der Waals surface area contributed by atoms with Gasteiger partial charge in [0, 0.05) is 0 Å². The quantitative estimate of drug-likeness (QED) is 0.609. The highest BCUT2D eigenvalue weighted by molar-refractivity contribution is 6.00. The van der Waals surface area contributed by atoms with Gasteiger partial charge < -0.3 is 0 Å². The van der Waals surface area contributed by atoms with Crippen LogP contribution >= 0.6 is 0 Å². The molecule has 0 aliphatic carbocycles. The van der Waals surface area contributed by atoms with Gasteiger partial charge in [-0.3, -0.25) is 20.2 Å². The second-order valence-electron chi connectivity index (χ2n) is 3.82. The fraction of sp³-hybridized carbons (Fsp3) is 0.778. The number of imide groups is 1. The van der Waals surface area contributed by atoms with Crippen LogP contribution in [0.5, 0.6) is 0 Å². The van der Waals surface area contributed by atoms with Crippen molar-refractivity contribution in [2.24, 2.45) is 5.92 Å². The maximum atomic E-state index is 11.2. The standard InChI is InChI=1S/C9H16N2O2/c1-6(2)3-4-7-9(13)11-8(12)5-10-7/h6-7,10H,3-5H2,1-2H3,(H,11,12,13). The summed E-state index contributed by atoms with van der Waals surface area (Å²) in [4.78, 5) is 22.0. The maximum Gasteiger partial charge on any atom is 0.243 e. The number of hydrogen-bond donors (Lipinski definition) is 2. The first-order valence-corrected chi connectivity index (χ1v) is 4.66. The normalized spacial score (nSPS) is 23.5. The zero-order valence-electron chi connectivity index (χ0n) is 8.09. The largest absolute Gasteiger partial charge is 0.297 e. The van der Waals surface area contributed by atoms with E-state index in [1.165, 1.54) is 0 Å². The molecule has 1 aliphatic rings. The number of nitrogens with one attached hydrogen (secondary N) is 2. The minimum Gasteiger partial charge on any atom is -0.297 e. The predicted octanol–water partition coefficient (Wildman–Crippen LogP) is 0.0372. The third kappa shape index (κ3) is 3.14. The predicted molar refractivity (Wildman–Crippen MR) is 49.0 cm³/mol. The van der Waals surface area contributed by atoms with Gasteiger partial charge in [-0.25, -0.2) is 0 Å². The molecule has 2 amide bonds. The van der Waals surface area contributed by atoms with E-state index < -0.39 is 0 Å². The van der Waals surface area contributed by atoms with Crippen LogP contribution in [-0.2, 0) is 9.59 Å². The molecule has 1 rings (SSSR count). The van der Waals surface area contributed by atoms with E-state index in [0.29, 0.717) is 5.92 Å². The summed E-state index contributed by atoms with van der Waals surface area (Å²) < 4.78 is 0. The van der Waals surface area contributed by atoms with Gasteiger partial charge in [0.2, 0.25) is 11.8 Å². The number of amides is 2. The molecule has 4 nitrogen and oxygen atoms in total. The van der Waals surface area contributed by atoms with Crippen LogP contribution in [0.15, 0.2) is 0 Å². The molecular formula is C9H16N2O2. The van der Waals surface area contributed by atoms with E-state index in [1.54, 1.807) is 0 Å². The summed E-state index contributed by atoms with van der Waals surface area (Å²) in [5, 5.41) is 5.23. The van der Waals surface area contributed by atoms with Crippen LogP contribution in [0.4, 0.5) is 0 Å². The Morgan fingerprint density at radius 3 is 2.69 bits per heavy atom. The Morgan fingerprint density at radius 1 is 1.46 bits per heavy atom. The lowest BCUT2D eigenvalue weighted by atomic mass is 10.0. The van der Waals surface area contributed by atoms with E-state index in [9.17, 15) is 9.59 Å². The Labute approximate surface area is 78.1 Å². The van der Waals surface area contributed by atoms with Crippen molar-refractivity contribution in [1.82, 2.24) is 10.6 Å². The third-order valence-corrected chi connectivity index (χ3v) is 2.12. The highest BCUT2D eigenvalue weighted by Crippen LogP contribution is 2.07. The van der Waals surface area contributed by atoms with Crippen LogP contribution in [0.3, 0.4) is 0 Å². The number of carbonyl (C=O) groups is 2. The third-order valence-electron chi connectivity index (χ3n) is 2.12. The lowest BCUT2D eigenvalue weighted by Crippen LogP contribution is -2.55. The molecule has 0 aromatic heterocycles. The van der Waals surface area contributed by atoms with E-state index >= 15 is 0 Å². The molecule has 1 aliphatic heterocycles.